The van der Waals surface area contributed by atoms with E-state index in [1.54, 1.807) is 13.2 Å². The molecule has 0 N–H and O–H groups in total. The van der Waals surface area contributed by atoms with Crippen molar-refractivity contribution >= 4 is 5.78 Å². The van der Waals surface area contributed by atoms with E-state index in [1.165, 1.54) is 22.3 Å². The number of Topliss-reactive ketones (excluding diaryl/α,β-unsaturated/α-hetero) is 1. The van der Waals surface area contributed by atoms with E-state index in [2.05, 4.69) is 32.9 Å². The fraction of sp³-hybridized carbons (Fsp3) is 0.353. The van der Waals surface area contributed by atoms with Gasteiger partial charge in [0.05, 0.1) is 6.26 Å². The molecule has 2 rings (SSSR count). The average Bonchev–Trinajstić information content (AvgIpc) is 2.78. The summed E-state index contributed by atoms with van der Waals surface area (Å²) in [6.07, 6.45) is 2.15. The van der Waals surface area contributed by atoms with E-state index < -0.39 is 0 Å². The molecule has 2 heteroatoms. The highest BCUT2D eigenvalue weighted by Gasteiger charge is 2.22. The van der Waals surface area contributed by atoms with Gasteiger partial charge in [-0.3, -0.25) is 4.79 Å². The lowest BCUT2D eigenvalue weighted by Gasteiger charge is -2.19. The van der Waals surface area contributed by atoms with Crippen molar-refractivity contribution < 1.29 is 9.21 Å². The molecule has 0 aliphatic carbocycles. The third-order valence-electron chi connectivity index (χ3n) is 3.46. The number of carbonyl (C=O) groups is 1. The first kappa shape index (κ1) is 13.6. The number of hydrogen-bond acceptors (Lipinski definition) is 2. The molecule has 0 amide bonds. The maximum absolute atomic E-state index is 11.6. The van der Waals surface area contributed by atoms with Gasteiger partial charge in [-0.2, -0.15) is 0 Å². The zero-order valence-electron chi connectivity index (χ0n) is 12.0. The Labute approximate surface area is 114 Å². The lowest BCUT2D eigenvalue weighted by molar-refractivity contribution is -0.117. The number of benzene rings is 1. The molecule has 1 atom stereocenters. The molecule has 0 aliphatic heterocycles. The molecule has 1 aromatic heterocycles. The maximum Gasteiger partial charge on any atom is 0.130 e. The predicted octanol–water partition coefficient (Wildman–Crippen LogP) is 4.32. The molecule has 1 heterocycles. The van der Waals surface area contributed by atoms with Crippen LogP contribution in [0.3, 0.4) is 0 Å². The Morgan fingerprint density at radius 1 is 1.21 bits per heavy atom. The summed E-state index contributed by atoms with van der Waals surface area (Å²) in [4.78, 5) is 11.6. The monoisotopic (exact) mass is 256 g/mol. The van der Waals surface area contributed by atoms with Crippen LogP contribution in [0.15, 0.2) is 34.9 Å². The van der Waals surface area contributed by atoms with Crippen LogP contribution in [0.1, 0.15) is 47.3 Å². The molecule has 0 saturated heterocycles. The molecule has 2 aromatic rings. The second-order valence-electron chi connectivity index (χ2n) is 5.29. The lowest BCUT2D eigenvalue weighted by atomic mass is 9.85. The Hall–Kier alpha value is -1.83. The molecule has 1 unspecified atom stereocenters. The molecule has 0 aliphatic rings. The van der Waals surface area contributed by atoms with Gasteiger partial charge in [-0.05, 0) is 56.5 Å². The van der Waals surface area contributed by atoms with E-state index in [0.717, 1.165) is 5.76 Å². The first-order valence-corrected chi connectivity index (χ1v) is 6.59. The number of ketones is 1. The van der Waals surface area contributed by atoms with Crippen molar-refractivity contribution in [2.24, 2.45) is 0 Å². The third kappa shape index (κ3) is 2.95. The first-order valence-electron chi connectivity index (χ1n) is 6.59. The molecule has 0 spiro atoms. The van der Waals surface area contributed by atoms with Crippen molar-refractivity contribution in [2.45, 2.75) is 40.0 Å². The normalized spacial score (nSPS) is 12.4. The van der Waals surface area contributed by atoms with Gasteiger partial charge in [-0.15, -0.1) is 0 Å². The van der Waals surface area contributed by atoms with E-state index in [0.29, 0.717) is 6.42 Å². The summed E-state index contributed by atoms with van der Waals surface area (Å²) in [5, 5.41) is 0. The molecule has 100 valence electrons. The largest absolute Gasteiger partial charge is 0.469 e. The summed E-state index contributed by atoms with van der Waals surface area (Å²) in [5.41, 5.74) is 4.91. The zero-order chi connectivity index (χ0) is 14.0. The van der Waals surface area contributed by atoms with E-state index in [9.17, 15) is 4.79 Å². The van der Waals surface area contributed by atoms with Gasteiger partial charge in [-0.25, -0.2) is 0 Å². The number of carbonyl (C=O) groups excluding carboxylic acids is 1. The summed E-state index contributed by atoms with van der Waals surface area (Å²) < 4.78 is 5.54. The van der Waals surface area contributed by atoms with Gasteiger partial charge in [0, 0.05) is 12.3 Å². The Morgan fingerprint density at radius 3 is 2.32 bits per heavy atom. The van der Waals surface area contributed by atoms with Crippen molar-refractivity contribution in [3.8, 4) is 0 Å². The fourth-order valence-corrected chi connectivity index (χ4v) is 2.86. The van der Waals surface area contributed by atoms with Gasteiger partial charge < -0.3 is 4.42 Å². The fourth-order valence-electron chi connectivity index (χ4n) is 2.86. The van der Waals surface area contributed by atoms with Crippen LogP contribution < -0.4 is 0 Å². The van der Waals surface area contributed by atoms with Crippen LogP contribution in [-0.2, 0) is 4.79 Å². The van der Waals surface area contributed by atoms with E-state index in [1.807, 2.05) is 12.1 Å². The molecule has 2 nitrogen and oxygen atoms in total. The summed E-state index contributed by atoms with van der Waals surface area (Å²) >= 11 is 0. The summed E-state index contributed by atoms with van der Waals surface area (Å²) in [6.45, 7) is 7.93. The average molecular weight is 256 g/mol. The van der Waals surface area contributed by atoms with Crippen molar-refractivity contribution in [3.05, 3.63) is 58.5 Å². The zero-order valence-corrected chi connectivity index (χ0v) is 12.0. The highest BCUT2D eigenvalue weighted by molar-refractivity contribution is 5.77. The maximum atomic E-state index is 11.6. The predicted molar refractivity (Wildman–Crippen MR) is 76.5 cm³/mol. The van der Waals surface area contributed by atoms with Crippen molar-refractivity contribution in [3.63, 3.8) is 0 Å². The third-order valence-corrected chi connectivity index (χ3v) is 3.46. The molecule has 0 saturated carbocycles. The van der Waals surface area contributed by atoms with Gasteiger partial charge in [0.2, 0.25) is 0 Å². The van der Waals surface area contributed by atoms with Gasteiger partial charge >= 0.3 is 0 Å². The molecular weight excluding hydrogens is 236 g/mol. The van der Waals surface area contributed by atoms with Crippen molar-refractivity contribution in [1.82, 2.24) is 0 Å². The minimum Gasteiger partial charge on any atom is -0.469 e. The summed E-state index contributed by atoms with van der Waals surface area (Å²) in [6, 6.07) is 8.16. The van der Waals surface area contributed by atoms with Crippen molar-refractivity contribution in [2.75, 3.05) is 0 Å². The van der Waals surface area contributed by atoms with E-state index in [-0.39, 0.29) is 11.7 Å². The Bertz CT molecular complexity index is 556. The quantitative estimate of drug-likeness (QED) is 0.815. The Balaban J connectivity index is 2.53. The van der Waals surface area contributed by atoms with Gasteiger partial charge in [0.15, 0.2) is 0 Å². The standard InChI is InChI=1S/C17H20O2/c1-11-8-12(2)17(13(3)9-11)15(10-14(4)18)16-6-5-7-19-16/h5-9,15H,10H2,1-4H3. The summed E-state index contributed by atoms with van der Waals surface area (Å²) in [7, 11) is 0. The number of hydrogen-bond donors (Lipinski definition) is 0. The smallest absolute Gasteiger partial charge is 0.130 e. The van der Waals surface area contributed by atoms with Gasteiger partial charge in [0.1, 0.15) is 11.5 Å². The van der Waals surface area contributed by atoms with Crippen LogP contribution in [0.5, 0.6) is 0 Å². The van der Waals surface area contributed by atoms with Crippen LogP contribution in [-0.4, -0.2) is 5.78 Å². The van der Waals surface area contributed by atoms with Crippen LogP contribution in [0, 0.1) is 20.8 Å². The molecule has 0 bridgehead atoms. The van der Waals surface area contributed by atoms with Crippen LogP contribution in [0.4, 0.5) is 0 Å². The van der Waals surface area contributed by atoms with Crippen molar-refractivity contribution in [1.29, 1.82) is 0 Å². The second-order valence-corrected chi connectivity index (χ2v) is 5.29. The van der Waals surface area contributed by atoms with Gasteiger partial charge in [-0.1, -0.05) is 17.7 Å². The van der Waals surface area contributed by atoms with Crippen LogP contribution in [0.2, 0.25) is 0 Å². The highest BCUT2D eigenvalue weighted by Crippen LogP contribution is 2.33. The minimum absolute atomic E-state index is 0.0214. The minimum atomic E-state index is 0.0214. The number of furan rings is 1. The molecule has 0 radical (unpaired) electrons. The van der Waals surface area contributed by atoms with E-state index in [4.69, 9.17) is 4.42 Å². The Morgan fingerprint density at radius 2 is 1.84 bits per heavy atom. The lowest BCUT2D eigenvalue weighted by Crippen LogP contribution is -2.09. The topological polar surface area (TPSA) is 30.2 Å². The number of aryl methyl sites for hydroxylation is 3. The SMILES string of the molecule is CC(=O)CC(c1ccco1)c1c(C)cc(C)cc1C. The molecule has 1 aromatic carbocycles. The molecular formula is C17H20O2. The number of rotatable bonds is 4. The molecule has 19 heavy (non-hydrogen) atoms. The van der Waals surface area contributed by atoms with Crippen LogP contribution in [0.25, 0.3) is 0 Å². The second kappa shape index (κ2) is 5.43. The molecule has 0 fully saturated rings. The first-order chi connectivity index (χ1) is 8.99. The van der Waals surface area contributed by atoms with Crippen LogP contribution >= 0.6 is 0 Å². The Kier molecular flexibility index (Phi) is 3.89. The van der Waals surface area contributed by atoms with E-state index >= 15 is 0 Å². The van der Waals surface area contributed by atoms with Gasteiger partial charge in [0.25, 0.3) is 0 Å². The summed E-state index contributed by atoms with van der Waals surface area (Å²) in [5.74, 6) is 1.07. The highest BCUT2D eigenvalue weighted by atomic mass is 16.3.